The van der Waals surface area contributed by atoms with Crippen LogP contribution in [0.1, 0.15) is 47.0 Å². The lowest BCUT2D eigenvalue weighted by Crippen LogP contribution is -2.63. The number of rotatable bonds is 4. The number of nitrogens with one attached hydrogen (secondary N) is 1. The predicted molar refractivity (Wildman–Crippen MR) is 70.4 cm³/mol. The summed E-state index contributed by atoms with van der Waals surface area (Å²) in [6.07, 6.45) is 9.13. The molecule has 2 unspecified atom stereocenters. The van der Waals surface area contributed by atoms with E-state index in [4.69, 9.17) is 6.42 Å². The Labute approximate surface area is 101 Å². The third-order valence-electron chi connectivity index (χ3n) is 3.49. The molecule has 0 amide bonds. The van der Waals surface area contributed by atoms with Gasteiger partial charge in [0.15, 0.2) is 0 Å². The molecule has 0 radical (unpaired) electrons. The van der Waals surface area contributed by atoms with Crippen LogP contribution in [-0.2, 0) is 0 Å². The van der Waals surface area contributed by atoms with Crippen LogP contribution in [0.3, 0.4) is 0 Å². The molecule has 0 aromatic rings. The van der Waals surface area contributed by atoms with Gasteiger partial charge in [-0.25, -0.2) is 0 Å². The predicted octanol–water partition coefficient (Wildman–Crippen LogP) is 2.25. The van der Waals surface area contributed by atoms with E-state index in [0.717, 1.165) is 25.9 Å². The molecule has 1 saturated heterocycles. The van der Waals surface area contributed by atoms with Gasteiger partial charge in [-0.15, -0.1) is 6.42 Å². The minimum Gasteiger partial charge on any atom is -0.309 e. The second-order valence-electron chi connectivity index (χ2n) is 5.47. The summed E-state index contributed by atoms with van der Waals surface area (Å²) in [5.41, 5.74) is 0.189. The molecule has 2 nitrogen and oxygen atoms in total. The molecule has 1 aliphatic rings. The van der Waals surface area contributed by atoms with Gasteiger partial charge in [0.1, 0.15) is 0 Å². The molecule has 1 heterocycles. The van der Waals surface area contributed by atoms with Crippen molar-refractivity contribution < 1.29 is 0 Å². The van der Waals surface area contributed by atoms with Crippen LogP contribution in [-0.4, -0.2) is 35.6 Å². The zero-order valence-electron chi connectivity index (χ0n) is 11.2. The van der Waals surface area contributed by atoms with Crippen molar-refractivity contribution >= 4 is 0 Å². The van der Waals surface area contributed by atoms with Gasteiger partial charge in [0, 0.05) is 24.7 Å². The Morgan fingerprint density at radius 3 is 2.69 bits per heavy atom. The Morgan fingerprint density at radius 1 is 1.50 bits per heavy atom. The first-order valence-corrected chi connectivity index (χ1v) is 6.51. The molecule has 0 aromatic carbocycles. The van der Waals surface area contributed by atoms with E-state index in [1.807, 2.05) is 0 Å². The number of terminal acetylenes is 1. The molecule has 0 aromatic heterocycles. The van der Waals surface area contributed by atoms with Gasteiger partial charge >= 0.3 is 0 Å². The molecule has 1 rings (SSSR count). The van der Waals surface area contributed by atoms with Crippen molar-refractivity contribution in [3.8, 4) is 12.3 Å². The van der Waals surface area contributed by atoms with Crippen molar-refractivity contribution in [3.05, 3.63) is 0 Å². The summed E-state index contributed by atoms with van der Waals surface area (Å²) in [4.78, 5) is 2.53. The third-order valence-corrected chi connectivity index (χ3v) is 3.49. The van der Waals surface area contributed by atoms with E-state index in [-0.39, 0.29) is 5.54 Å². The quantitative estimate of drug-likeness (QED) is 0.734. The SMILES string of the molecule is C#CC(CCC)N1CC(C)(C)NCC1CC. The molecular weight excluding hydrogens is 196 g/mol. The highest BCUT2D eigenvalue weighted by atomic mass is 15.3. The van der Waals surface area contributed by atoms with Gasteiger partial charge in [-0.05, 0) is 26.7 Å². The highest BCUT2D eigenvalue weighted by Crippen LogP contribution is 2.21. The van der Waals surface area contributed by atoms with E-state index in [0.29, 0.717) is 12.1 Å². The van der Waals surface area contributed by atoms with Crippen molar-refractivity contribution in [2.75, 3.05) is 13.1 Å². The fourth-order valence-corrected chi connectivity index (χ4v) is 2.51. The molecule has 1 fully saturated rings. The molecule has 16 heavy (non-hydrogen) atoms. The molecule has 92 valence electrons. The van der Waals surface area contributed by atoms with E-state index in [9.17, 15) is 0 Å². The standard InChI is InChI=1S/C14H26N2/c1-6-9-12(7-2)16-11-14(4,5)15-10-13(16)8-3/h2,12-13,15H,6,8-11H2,1,3-5H3. The zero-order valence-corrected chi connectivity index (χ0v) is 11.2. The van der Waals surface area contributed by atoms with Crippen LogP contribution in [0.4, 0.5) is 0 Å². The van der Waals surface area contributed by atoms with Crippen LogP contribution in [0.2, 0.25) is 0 Å². The molecule has 1 aliphatic heterocycles. The number of hydrogen-bond acceptors (Lipinski definition) is 2. The Morgan fingerprint density at radius 2 is 2.19 bits per heavy atom. The molecule has 1 N–H and O–H groups in total. The maximum atomic E-state index is 5.68. The molecule has 0 spiro atoms. The number of piperazine rings is 1. The maximum absolute atomic E-state index is 5.68. The fourth-order valence-electron chi connectivity index (χ4n) is 2.51. The lowest BCUT2D eigenvalue weighted by molar-refractivity contribution is 0.0686. The van der Waals surface area contributed by atoms with E-state index < -0.39 is 0 Å². The number of hydrogen-bond donors (Lipinski definition) is 1. The van der Waals surface area contributed by atoms with Gasteiger partial charge in [-0.2, -0.15) is 0 Å². The molecule has 0 bridgehead atoms. The summed E-state index contributed by atoms with van der Waals surface area (Å²) in [5.74, 6) is 2.97. The van der Waals surface area contributed by atoms with Gasteiger partial charge in [0.25, 0.3) is 0 Å². The van der Waals surface area contributed by atoms with Gasteiger partial charge in [0.2, 0.25) is 0 Å². The van der Waals surface area contributed by atoms with E-state index in [2.05, 4.69) is 43.8 Å². The Kier molecular flexibility index (Phi) is 4.83. The smallest absolute Gasteiger partial charge is 0.0715 e. The van der Waals surface area contributed by atoms with Crippen LogP contribution < -0.4 is 5.32 Å². The maximum Gasteiger partial charge on any atom is 0.0715 e. The van der Waals surface area contributed by atoms with E-state index in [1.165, 1.54) is 6.42 Å². The van der Waals surface area contributed by atoms with Gasteiger partial charge in [0.05, 0.1) is 6.04 Å². The van der Waals surface area contributed by atoms with E-state index in [1.54, 1.807) is 0 Å². The first-order valence-electron chi connectivity index (χ1n) is 6.51. The van der Waals surface area contributed by atoms with Crippen molar-refractivity contribution in [3.63, 3.8) is 0 Å². The van der Waals surface area contributed by atoms with Crippen molar-refractivity contribution in [1.29, 1.82) is 0 Å². The van der Waals surface area contributed by atoms with Crippen LogP contribution in [0.25, 0.3) is 0 Å². The second-order valence-corrected chi connectivity index (χ2v) is 5.47. The monoisotopic (exact) mass is 222 g/mol. The van der Waals surface area contributed by atoms with Gasteiger partial charge < -0.3 is 5.32 Å². The molecular formula is C14H26N2. The average molecular weight is 222 g/mol. The third kappa shape index (κ3) is 3.23. The Balaban J connectivity index is 2.75. The van der Waals surface area contributed by atoms with E-state index >= 15 is 0 Å². The summed E-state index contributed by atoms with van der Waals surface area (Å²) in [5, 5.41) is 3.60. The molecule has 0 aliphatic carbocycles. The van der Waals surface area contributed by atoms with Crippen LogP contribution in [0.15, 0.2) is 0 Å². The Hall–Kier alpha value is -0.520. The summed E-state index contributed by atoms with van der Waals surface area (Å²) in [6.45, 7) is 11.1. The normalized spacial score (nSPS) is 27.3. The van der Waals surface area contributed by atoms with Crippen molar-refractivity contribution in [2.45, 2.75) is 64.6 Å². The Bertz CT molecular complexity index is 252. The van der Waals surface area contributed by atoms with Gasteiger partial charge in [-0.3, -0.25) is 4.90 Å². The minimum atomic E-state index is 0.189. The largest absolute Gasteiger partial charge is 0.309 e. The highest BCUT2D eigenvalue weighted by molar-refractivity contribution is 5.05. The summed E-state index contributed by atoms with van der Waals surface area (Å²) in [6, 6.07) is 0.914. The minimum absolute atomic E-state index is 0.189. The number of nitrogens with zero attached hydrogens (tertiary/aromatic N) is 1. The molecule has 2 atom stereocenters. The zero-order chi connectivity index (χ0) is 12.2. The highest BCUT2D eigenvalue weighted by Gasteiger charge is 2.34. The fraction of sp³-hybridized carbons (Fsp3) is 0.857. The topological polar surface area (TPSA) is 15.3 Å². The first-order chi connectivity index (χ1) is 7.54. The van der Waals surface area contributed by atoms with Crippen LogP contribution >= 0.6 is 0 Å². The average Bonchev–Trinajstić information content (AvgIpc) is 2.25. The van der Waals surface area contributed by atoms with Crippen LogP contribution in [0.5, 0.6) is 0 Å². The van der Waals surface area contributed by atoms with Crippen molar-refractivity contribution in [2.24, 2.45) is 0 Å². The van der Waals surface area contributed by atoms with Crippen molar-refractivity contribution in [1.82, 2.24) is 10.2 Å². The second kappa shape index (κ2) is 5.70. The summed E-state index contributed by atoms with van der Waals surface area (Å²) >= 11 is 0. The summed E-state index contributed by atoms with van der Waals surface area (Å²) in [7, 11) is 0. The molecule has 2 heteroatoms. The lowest BCUT2D eigenvalue weighted by Gasteiger charge is -2.46. The van der Waals surface area contributed by atoms with Crippen LogP contribution in [0, 0.1) is 12.3 Å². The summed E-state index contributed by atoms with van der Waals surface area (Å²) < 4.78 is 0. The molecule has 0 saturated carbocycles. The lowest BCUT2D eigenvalue weighted by atomic mass is 9.94. The first kappa shape index (κ1) is 13.5. The van der Waals surface area contributed by atoms with Gasteiger partial charge in [-0.1, -0.05) is 26.2 Å².